The first-order valence-electron chi connectivity index (χ1n) is 8.53. The van der Waals surface area contributed by atoms with Gasteiger partial charge in [0.2, 0.25) is 5.89 Å². The van der Waals surface area contributed by atoms with Crippen LogP contribution in [0, 0.1) is 25.7 Å². The Balaban J connectivity index is 0.00000264. The molecule has 6 heteroatoms. The number of hydrogen-bond acceptors (Lipinski definition) is 3. The Morgan fingerprint density at radius 2 is 2.09 bits per heavy atom. The quantitative estimate of drug-likeness (QED) is 0.421. The predicted molar refractivity (Wildman–Crippen MR) is 105 cm³/mol. The Morgan fingerprint density at radius 3 is 2.70 bits per heavy atom. The van der Waals surface area contributed by atoms with E-state index in [1.54, 1.807) is 0 Å². The third-order valence-corrected chi connectivity index (χ3v) is 4.39. The van der Waals surface area contributed by atoms with Crippen molar-refractivity contribution in [3.8, 4) is 0 Å². The van der Waals surface area contributed by atoms with Gasteiger partial charge < -0.3 is 15.1 Å². The van der Waals surface area contributed by atoms with E-state index in [0.29, 0.717) is 12.4 Å². The van der Waals surface area contributed by atoms with Crippen molar-refractivity contribution in [2.45, 2.75) is 59.9 Å². The lowest BCUT2D eigenvalue weighted by Crippen LogP contribution is -2.40. The van der Waals surface area contributed by atoms with Crippen LogP contribution in [-0.2, 0) is 6.54 Å². The van der Waals surface area contributed by atoms with Crippen molar-refractivity contribution in [1.82, 2.24) is 15.6 Å². The maximum Gasteiger partial charge on any atom is 0.216 e. The maximum atomic E-state index is 5.58. The zero-order valence-corrected chi connectivity index (χ0v) is 17.1. The third kappa shape index (κ3) is 6.69. The zero-order chi connectivity index (χ0) is 15.9. The Bertz CT molecular complexity index is 481. The molecule has 0 spiro atoms. The van der Waals surface area contributed by atoms with Crippen LogP contribution in [0.2, 0.25) is 0 Å². The molecule has 2 N–H and O–H groups in total. The van der Waals surface area contributed by atoms with E-state index in [4.69, 9.17) is 4.42 Å². The Labute approximate surface area is 157 Å². The number of aliphatic imine (C=N–C) groups is 1. The van der Waals surface area contributed by atoms with E-state index < -0.39 is 0 Å². The van der Waals surface area contributed by atoms with E-state index in [-0.39, 0.29) is 24.0 Å². The van der Waals surface area contributed by atoms with Crippen LogP contribution in [0.25, 0.3) is 0 Å². The van der Waals surface area contributed by atoms with E-state index in [9.17, 15) is 0 Å². The van der Waals surface area contributed by atoms with Gasteiger partial charge in [0.25, 0.3) is 0 Å². The lowest BCUT2D eigenvalue weighted by molar-refractivity contribution is 0.282. The van der Waals surface area contributed by atoms with Crippen LogP contribution >= 0.6 is 24.0 Å². The highest BCUT2D eigenvalue weighted by atomic mass is 127. The van der Waals surface area contributed by atoms with Gasteiger partial charge in [-0.2, -0.15) is 0 Å². The molecular formula is C17H31IN4O. The average Bonchev–Trinajstić information content (AvgIpc) is 2.81. The first kappa shape index (κ1) is 20.3. The molecule has 23 heavy (non-hydrogen) atoms. The lowest BCUT2D eigenvalue weighted by Gasteiger charge is -2.27. The van der Waals surface area contributed by atoms with Crippen molar-refractivity contribution < 1.29 is 4.42 Å². The molecule has 1 aliphatic carbocycles. The van der Waals surface area contributed by atoms with Crippen LogP contribution in [0.15, 0.2) is 9.41 Å². The van der Waals surface area contributed by atoms with Crippen molar-refractivity contribution >= 4 is 29.9 Å². The number of aryl methyl sites for hydroxylation is 2. The van der Waals surface area contributed by atoms with E-state index in [2.05, 4.69) is 34.5 Å². The molecule has 0 radical (unpaired) electrons. The zero-order valence-electron chi connectivity index (χ0n) is 14.8. The van der Waals surface area contributed by atoms with Gasteiger partial charge in [-0.25, -0.2) is 9.98 Å². The van der Waals surface area contributed by atoms with E-state index in [1.165, 1.54) is 25.7 Å². The normalized spacial score (nSPS) is 21.7. The van der Waals surface area contributed by atoms with Crippen LogP contribution in [0.3, 0.4) is 0 Å². The molecule has 0 aliphatic heterocycles. The van der Waals surface area contributed by atoms with Gasteiger partial charge in [0, 0.05) is 13.1 Å². The smallest absolute Gasteiger partial charge is 0.216 e. The molecule has 0 bridgehead atoms. The molecule has 5 nitrogen and oxygen atoms in total. The van der Waals surface area contributed by atoms with Crippen LogP contribution in [0.4, 0.5) is 0 Å². The number of nitrogens with zero attached hydrogens (tertiary/aromatic N) is 2. The fourth-order valence-corrected chi connectivity index (χ4v) is 3.08. The summed E-state index contributed by atoms with van der Waals surface area (Å²) in [5.41, 5.74) is 0.944. The van der Waals surface area contributed by atoms with Gasteiger partial charge in [-0.15, -0.1) is 24.0 Å². The molecule has 1 aliphatic rings. The second kappa shape index (κ2) is 10.2. The van der Waals surface area contributed by atoms with Crippen LogP contribution in [0.5, 0.6) is 0 Å². The molecule has 132 valence electrons. The minimum absolute atomic E-state index is 0. The first-order valence-corrected chi connectivity index (χ1v) is 8.53. The van der Waals surface area contributed by atoms with Gasteiger partial charge in [0.15, 0.2) is 5.96 Å². The van der Waals surface area contributed by atoms with Crippen molar-refractivity contribution in [3.63, 3.8) is 0 Å². The molecule has 1 aromatic heterocycles. The summed E-state index contributed by atoms with van der Waals surface area (Å²) in [5.74, 6) is 4.03. The third-order valence-electron chi connectivity index (χ3n) is 4.39. The summed E-state index contributed by atoms with van der Waals surface area (Å²) in [6.07, 6.45) is 5.39. The number of aromatic nitrogens is 1. The predicted octanol–water partition coefficient (Wildman–Crippen LogP) is 3.79. The van der Waals surface area contributed by atoms with Crippen molar-refractivity contribution in [3.05, 3.63) is 17.3 Å². The molecule has 1 fully saturated rings. The number of nitrogens with one attached hydrogen (secondary N) is 2. The first-order chi connectivity index (χ1) is 10.6. The molecule has 2 rings (SSSR count). The molecule has 2 atom stereocenters. The van der Waals surface area contributed by atoms with E-state index in [1.807, 2.05) is 13.8 Å². The highest BCUT2D eigenvalue weighted by molar-refractivity contribution is 14.0. The highest BCUT2D eigenvalue weighted by Gasteiger charge is 2.18. The lowest BCUT2D eigenvalue weighted by atomic mass is 9.82. The van der Waals surface area contributed by atoms with Gasteiger partial charge in [-0.05, 0) is 45.4 Å². The van der Waals surface area contributed by atoms with E-state index >= 15 is 0 Å². The summed E-state index contributed by atoms with van der Waals surface area (Å²) in [4.78, 5) is 8.95. The second-order valence-corrected chi connectivity index (χ2v) is 6.46. The van der Waals surface area contributed by atoms with Gasteiger partial charge in [0.05, 0.1) is 5.69 Å². The highest BCUT2D eigenvalue weighted by Crippen LogP contribution is 2.27. The molecular weight excluding hydrogens is 403 g/mol. The fourth-order valence-electron chi connectivity index (χ4n) is 3.08. The van der Waals surface area contributed by atoms with Crippen molar-refractivity contribution in [2.75, 3.05) is 13.1 Å². The van der Waals surface area contributed by atoms with Crippen LogP contribution in [0.1, 0.15) is 56.9 Å². The number of rotatable bonds is 5. The molecule has 2 unspecified atom stereocenters. The minimum atomic E-state index is 0. The van der Waals surface area contributed by atoms with Gasteiger partial charge in [-0.1, -0.05) is 19.8 Å². The molecule has 1 aromatic rings. The molecule has 1 heterocycles. The Morgan fingerprint density at radius 1 is 1.30 bits per heavy atom. The molecule has 0 amide bonds. The minimum Gasteiger partial charge on any atom is -0.444 e. The van der Waals surface area contributed by atoms with Crippen LogP contribution in [-0.4, -0.2) is 24.0 Å². The average molecular weight is 434 g/mol. The molecule has 1 saturated carbocycles. The largest absolute Gasteiger partial charge is 0.444 e. The summed E-state index contributed by atoms with van der Waals surface area (Å²) in [7, 11) is 0. The number of oxazole rings is 1. The number of halogens is 1. The maximum absolute atomic E-state index is 5.58. The Kier molecular flexibility index (Phi) is 8.94. The summed E-state index contributed by atoms with van der Waals surface area (Å²) < 4.78 is 5.58. The standard InChI is InChI=1S/C17H30N4O.HI/c1-5-18-17(19-10-15-8-6-7-12(2)9-15)20-11-16-21-13(3)14(4)22-16;/h12,15H,5-11H2,1-4H3,(H2,18,19,20);1H. The number of guanidine groups is 1. The topological polar surface area (TPSA) is 62.5 Å². The summed E-state index contributed by atoms with van der Waals surface area (Å²) in [5, 5.41) is 6.77. The van der Waals surface area contributed by atoms with Crippen LogP contribution < -0.4 is 10.6 Å². The molecule has 0 saturated heterocycles. The van der Waals surface area contributed by atoms with Gasteiger partial charge >= 0.3 is 0 Å². The number of hydrogen-bond donors (Lipinski definition) is 2. The van der Waals surface area contributed by atoms with Crippen molar-refractivity contribution in [2.24, 2.45) is 16.8 Å². The van der Waals surface area contributed by atoms with Gasteiger partial charge in [0.1, 0.15) is 12.3 Å². The van der Waals surface area contributed by atoms with Crippen molar-refractivity contribution in [1.29, 1.82) is 0 Å². The van der Waals surface area contributed by atoms with E-state index in [0.717, 1.165) is 42.3 Å². The summed E-state index contributed by atoms with van der Waals surface area (Å²) in [6.45, 7) is 10.7. The summed E-state index contributed by atoms with van der Waals surface area (Å²) in [6, 6.07) is 0. The molecule has 0 aromatic carbocycles. The fraction of sp³-hybridized carbons (Fsp3) is 0.765. The Hall–Kier alpha value is -0.790. The second-order valence-electron chi connectivity index (χ2n) is 6.46. The summed E-state index contributed by atoms with van der Waals surface area (Å²) >= 11 is 0. The SMILES string of the molecule is CCNC(=NCc1nc(C)c(C)o1)NCC1CCCC(C)C1.I. The van der Waals surface area contributed by atoms with Gasteiger partial charge in [-0.3, -0.25) is 0 Å². The monoisotopic (exact) mass is 434 g/mol.